The quantitative estimate of drug-likeness (QED) is 0.571. The Labute approximate surface area is 179 Å². The molecule has 0 aliphatic rings. The Hall–Kier alpha value is -2.21. The van der Waals surface area contributed by atoms with Gasteiger partial charge in [0, 0.05) is 5.69 Å². The predicted molar refractivity (Wildman–Crippen MR) is 106 cm³/mol. The van der Waals surface area contributed by atoms with Crippen molar-refractivity contribution < 1.29 is 36.2 Å². The smallest absolute Gasteiger partial charge is 0.426 e. The average molecular weight is 487 g/mol. The summed E-state index contributed by atoms with van der Waals surface area (Å²) in [4.78, 5) is 11.3. The van der Waals surface area contributed by atoms with Crippen molar-refractivity contribution in [3.05, 3.63) is 46.4 Å². The van der Waals surface area contributed by atoms with Gasteiger partial charge in [0.2, 0.25) is 5.60 Å². The molecule has 7 nitrogen and oxygen atoms in total. The summed E-state index contributed by atoms with van der Waals surface area (Å²) in [5, 5.41) is 10.1. The van der Waals surface area contributed by atoms with E-state index >= 15 is 0 Å². The standard InChI is InChI=1S/C17H15Cl2F3N2O5S/c1-16(26,17(20,21)22)15(25)23-11-7-8-12(14(19)13(11)18)30(27,28)24-9-3-5-10(29-2)6-4-9/h3-8,24,26H,1-2H3,(H,23,25). The zero-order valence-corrected chi connectivity index (χ0v) is 17.7. The van der Waals surface area contributed by atoms with Crippen molar-refractivity contribution in [2.45, 2.75) is 23.6 Å². The number of carbonyl (C=O) groups is 1. The van der Waals surface area contributed by atoms with Crippen molar-refractivity contribution in [2.24, 2.45) is 0 Å². The van der Waals surface area contributed by atoms with Gasteiger partial charge in [-0.3, -0.25) is 9.52 Å². The molecule has 164 valence electrons. The van der Waals surface area contributed by atoms with Gasteiger partial charge in [0.15, 0.2) is 0 Å². The number of amides is 1. The number of carbonyl (C=O) groups excluding carboxylic acids is 1. The highest BCUT2D eigenvalue weighted by atomic mass is 35.5. The fraction of sp³-hybridized carbons (Fsp3) is 0.235. The van der Waals surface area contributed by atoms with E-state index in [9.17, 15) is 31.5 Å². The third-order valence-electron chi connectivity index (χ3n) is 3.92. The van der Waals surface area contributed by atoms with Crippen LogP contribution in [0.2, 0.25) is 10.0 Å². The molecule has 0 spiro atoms. The first kappa shape index (κ1) is 24.1. The first-order valence-electron chi connectivity index (χ1n) is 7.96. The van der Waals surface area contributed by atoms with E-state index in [1.54, 1.807) is 5.32 Å². The summed E-state index contributed by atoms with van der Waals surface area (Å²) < 4.78 is 70.7. The minimum Gasteiger partial charge on any atom is -0.497 e. The maximum Gasteiger partial charge on any atom is 0.426 e. The monoisotopic (exact) mass is 486 g/mol. The zero-order chi connectivity index (χ0) is 22.9. The Morgan fingerprint density at radius 1 is 1.07 bits per heavy atom. The number of ether oxygens (including phenoxy) is 1. The van der Waals surface area contributed by atoms with Crippen molar-refractivity contribution in [1.29, 1.82) is 0 Å². The number of hydrogen-bond acceptors (Lipinski definition) is 5. The number of rotatable bonds is 6. The summed E-state index contributed by atoms with van der Waals surface area (Å²) in [6.45, 7) is 0.259. The average Bonchev–Trinajstić information content (AvgIpc) is 2.64. The van der Waals surface area contributed by atoms with E-state index in [2.05, 4.69) is 4.72 Å². The molecule has 0 fully saturated rings. The predicted octanol–water partition coefficient (Wildman–Crippen LogP) is 4.05. The van der Waals surface area contributed by atoms with Gasteiger partial charge in [-0.1, -0.05) is 23.2 Å². The van der Waals surface area contributed by atoms with E-state index in [0.717, 1.165) is 12.1 Å². The van der Waals surface area contributed by atoms with Crippen LogP contribution in [0.4, 0.5) is 24.5 Å². The number of methoxy groups -OCH3 is 1. The van der Waals surface area contributed by atoms with Crippen LogP contribution >= 0.6 is 23.2 Å². The summed E-state index contributed by atoms with van der Waals surface area (Å²) in [5.41, 5.74) is -3.94. The summed E-state index contributed by atoms with van der Waals surface area (Å²) in [6, 6.07) is 7.77. The maximum atomic E-state index is 12.8. The fourth-order valence-corrected chi connectivity index (χ4v) is 3.96. The normalized spacial score (nSPS) is 14.0. The van der Waals surface area contributed by atoms with Crippen LogP contribution in [-0.2, 0) is 14.8 Å². The van der Waals surface area contributed by atoms with Crippen LogP contribution in [0.15, 0.2) is 41.3 Å². The van der Waals surface area contributed by atoms with E-state index in [1.807, 2.05) is 0 Å². The van der Waals surface area contributed by atoms with Gasteiger partial charge in [-0.15, -0.1) is 0 Å². The lowest BCUT2D eigenvalue weighted by Gasteiger charge is -2.25. The SMILES string of the molecule is COc1ccc(NS(=O)(=O)c2ccc(NC(=O)C(C)(O)C(F)(F)F)c(Cl)c2Cl)cc1. The van der Waals surface area contributed by atoms with Crippen LogP contribution in [0.3, 0.4) is 0 Å². The highest BCUT2D eigenvalue weighted by Gasteiger charge is 2.55. The summed E-state index contributed by atoms with van der Waals surface area (Å²) in [7, 11) is -2.79. The number of hydrogen-bond donors (Lipinski definition) is 3. The lowest BCUT2D eigenvalue weighted by molar-refractivity contribution is -0.242. The van der Waals surface area contributed by atoms with Gasteiger partial charge in [0.05, 0.1) is 22.8 Å². The van der Waals surface area contributed by atoms with Crippen LogP contribution in [0.25, 0.3) is 0 Å². The molecule has 0 bridgehead atoms. The zero-order valence-electron chi connectivity index (χ0n) is 15.3. The van der Waals surface area contributed by atoms with Crippen molar-refractivity contribution in [3.63, 3.8) is 0 Å². The molecule has 0 aliphatic carbocycles. The first-order chi connectivity index (χ1) is 13.7. The molecule has 0 heterocycles. The molecule has 13 heteroatoms. The third kappa shape index (κ3) is 4.91. The van der Waals surface area contributed by atoms with Crippen LogP contribution < -0.4 is 14.8 Å². The van der Waals surface area contributed by atoms with E-state index in [4.69, 9.17) is 27.9 Å². The Balaban J connectivity index is 2.32. The molecule has 1 atom stereocenters. The van der Waals surface area contributed by atoms with Gasteiger partial charge in [-0.05, 0) is 43.3 Å². The Morgan fingerprint density at radius 3 is 2.13 bits per heavy atom. The number of alkyl halides is 3. The van der Waals surface area contributed by atoms with Gasteiger partial charge >= 0.3 is 6.18 Å². The molecular weight excluding hydrogens is 472 g/mol. The van der Waals surface area contributed by atoms with Crippen molar-refractivity contribution in [3.8, 4) is 5.75 Å². The minimum atomic E-state index is -5.25. The number of sulfonamides is 1. The van der Waals surface area contributed by atoms with Gasteiger partial charge < -0.3 is 15.2 Å². The fourth-order valence-electron chi connectivity index (χ4n) is 2.08. The van der Waals surface area contributed by atoms with Crippen molar-refractivity contribution in [1.82, 2.24) is 0 Å². The second-order valence-electron chi connectivity index (χ2n) is 6.10. The van der Waals surface area contributed by atoms with E-state index in [1.165, 1.54) is 31.4 Å². The highest BCUT2D eigenvalue weighted by Crippen LogP contribution is 2.37. The van der Waals surface area contributed by atoms with E-state index < -0.39 is 48.3 Å². The van der Waals surface area contributed by atoms with Gasteiger partial charge in [-0.25, -0.2) is 8.42 Å². The largest absolute Gasteiger partial charge is 0.497 e. The van der Waals surface area contributed by atoms with Crippen LogP contribution in [0.5, 0.6) is 5.75 Å². The van der Waals surface area contributed by atoms with Gasteiger partial charge in [-0.2, -0.15) is 13.2 Å². The minimum absolute atomic E-state index is 0.182. The molecule has 2 aromatic carbocycles. The topological polar surface area (TPSA) is 105 Å². The molecule has 1 amide bonds. The number of aliphatic hydroxyl groups is 1. The summed E-state index contributed by atoms with van der Waals surface area (Å²) in [6.07, 6.45) is -5.25. The molecule has 0 aromatic heterocycles. The molecule has 0 aliphatic heterocycles. The van der Waals surface area contributed by atoms with Crippen molar-refractivity contribution in [2.75, 3.05) is 17.1 Å². The lowest BCUT2D eigenvalue weighted by atomic mass is 10.1. The molecule has 0 saturated heterocycles. The number of benzene rings is 2. The van der Waals surface area contributed by atoms with Crippen LogP contribution in [-0.4, -0.2) is 38.3 Å². The van der Waals surface area contributed by atoms with Crippen LogP contribution in [0, 0.1) is 0 Å². The molecule has 0 saturated carbocycles. The molecule has 3 N–H and O–H groups in total. The van der Waals surface area contributed by atoms with Gasteiger partial charge in [0.25, 0.3) is 15.9 Å². The van der Waals surface area contributed by atoms with Crippen LogP contribution in [0.1, 0.15) is 6.92 Å². The second kappa shape index (κ2) is 8.50. The van der Waals surface area contributed by atoms with E-state index in [0.29, 0.717) is 5.75 Å². The Morgan fingerprint density at radius 2 is 1.63 bits per heavy atom. The highest BCUT2D eigenvalue weighted by molar-refractivity contribution is 7.92. The lowest BCUT2D eigenvalue weighted by Crippen LogP contribution is -2.52. The molecule has 1 unspecified atom stereocenters. The van der Waals surface area contributed by atoms with E-state index in [-0.39, 0.29) is 12.6 Å². The molecule has 2 aromatic rings. The Bertz CT molecular complexity index is 1060. The molecule has 30 heavy (non-hydrogen) atoms. The first-order valence-corrected chi connectivity index (χ1v) is 10.2. The second-order valence-corrected chi connectivity index (χ2v) is 8.50. The Kier molecular flexibility index (Phi) is 6.82. The molecule has 2 rings (SSSR count). The number of halogens is 5. The number of anilines is 2. The summed E-state index contributed by atoms with van der Waals surface area (Å²) >= 11 is 11.9. The maximum absolute atomic E-state index is 12.8. The van der Waals surface area contributed by atoms with Crippen molar-refractivity contribution >= 4 is 50.5 Å². The summed E-state index contributed by atoms with van der Waals surface area (Å²) in [5.74, 6) is -1.33. The molecule has 0 radical (unpaired) electrons. The van der Waals surface area contributed by atoms with Gasteiger partial charge in [0.1, 0.15) is 10.6 Å². The number of nitrogens with one attached hydrogen (secondary N) is 2. The molecular formula is C17H15Cl2F3N2O5S. The third-order valence-corrected chi connectivity index (χ3v) is 6.34.